The number of ether oxygens (including phenoxy) is 1. The lowest BCUT2D eigenvalue weighted by Gasteiger charge is -2.17. The highest BCUT2D eigenvalue weighted by Gasteiger charge is 2.20. The van der Waals surface area contributed by atoms with Gasteiger partial charge in [-0.1, -0.05) is 30.3 Å². The number of quaternary nitrogens is 1. The van der Waals surface area contributed by atoms with Crippen LogP contribution in [-0.4, -0.2) is 32.1 Å². The van der Waals surface area contributed by atoms with Crippen molar-refractivity contribution in [2.75, 3.05) is 13.6 Å². The zero-order chi connectivity index (χ0) is 18.9. The van der Waals surface area contributed by atoms with E-state index in [1.165, 1.54) is 19.2 Å². The molecule has 2 rings (SSSR count). The number of nitrogens with two attached hydrogens (primary N) is 1. The van der Waals surface area contributed by atoms with Crippen LogP contribution >= 0.6 is 0 Å². The second kappa shape index (κ2) is 9.47. The average Bonchev–Trinajstić information content (AvgIpc) is 2.63. The Labute approximate surface area is 149 Å². The number of nitrogens with one attached hydrogen (secondary N) is 2. The Morgan fingerprint density at radius 1 is 1.04 bits per heavy atom. The van der Waals surface area contributed by atoms with E-state index in [2.05, 4.69) is 15.4 Å². The molecule has 0 radical (unpaired) electrons. The number of alkyl halides is 2. The molecule has 2 aromatic carbocycles. The molecule has 0 bridgehead atoms. The van der Waals surface area contributed by atoms with Gasteiger partial charge in [0, 0.05) is 18.2 Å². The predicted octanol–water partition coefficient (Wildman–Crippen LogP) is 1.40. The number of imide groups is 1. The van der Waals surface area contributed by atoms with E-state index in [1.54, 1.807) is 17.4 Å². The lowest BCUT2D eigenvalue weighted by molar-refractivity contribution is -0.676. The van der Waals surface area contributed by atoms with Crippen LogP contribution in [-0.2, 0) is 4.79 Å². The molecule has 6 nitrogen and oxygen atoms in total. The van der Waals surface area contributed by atoms with E-state index in [0.29, 0.717) is 0 Å². The number of halogens is 2. The molecule has 3 amide bonds. The molecule has 26 heavy (non-hydrogen) atoms. The van der Waals surface area contributed by atoms with Gasteiger partial charge in [-0.25, -0.2) is 4.79 Å². The monoisotopic (exact) mass is 364 g/mol. The first-order valence-corrected chi connectivity index (χ1v) is 7.94. The summed E-state index contributed by atoms with van der Waals surface area (Å²) in [5.74, 6) is -0.379. The third-order valence-corrected chi connectivity index (χ3v) is 3.64. The van der Waals surface area contributed by atoms with Crippen molar-refractivity contribution < 1.29 is 28.4 Å². The maximum atomic E-state index is 12.3. The summed E-state index contributed by atoms with van der Waals surface area (Å²) in [7, 11) is 1.42. The first kappa shape index (κ1) is 19.3. The Morgan fingerprint density at radius 2 is 1.65 bits per heavy atom. The van der Waals surface area contributed by atoms with E-state index in [1.807, 2.05) is 30.3 Å². The van der Waals surface area contributed by atoms with Crippen molar-refractivity contribution in [1.82, 2.24) is 10.6 Å². The normalized spacial score (nSPS) is 11.7. The van der Waals surface area contributed by atoms with Gasteiger partial charge in [0.1, 0.15) is 11.8 Å². The van der Waals surface area contributed by atoms with Gasteiger partial charge in [-0.15, -0.1) is 0 Å². The highest BCUT2D eigenvalue weighted by molar-refractivity contribution is 5.94. The van der Waals surface area contributed by atoms with Gasteiger partial charge in [0.25, 0.3) is 5.91 Å². The number of carbonyl (C=O) groups excluding carboxylic acids is 2. The number of hydrogen-bond acceptors (Lipinski definition) is 3. The summed E-state index contributed by atoms with van der Waals surface area (Å²) in [4.78, 5) is 23.0. The number of benzene rings is 2. The van der Waals surface area contributed by atoms with Gasteiger partial charge < -0.3 is 15.4 Å². The molecule has 8 heteroatoms. The Balaban J connectivity index is 2.14. The molecular formula is C18H20F2N3O3+. The van der Waals surface area contributed by atoms with Crippen molar-refractivity contribution in [2.24, 2.45) is 0 Å². The molecule has 0 heterocycles. The lowest BCUT2D eigenvalue weighted by atomic mass is 9.98. The van der Waals surface area contributed by atoms with Crippen LogP contribution in [0.15, 0.2) is 54.6 Å². The van der Waals surface area contributed by atoms with E-state index in [-0.39, 0.29) is 18.3 Å². The standard InChI is InChI=1S/C18H19F2N3O3/c1-21-18(25)23-15(24)11-22-16(12-5-3-2-4-6-12)13-7-9-14(10-8-13)26-17(19)20/h2-10,16-17,22H,11H2,1H3,(H2,21,23,24,25)/p+1/t16-/m0/s1. The number of carbonyl (C=O) groups is 2. The zero-order valence-corrected chi connectivity index (χ0v) is 14.1. The fourth-order valence-corrected chi connectivity index (χ4v) is 2.45. The van der Waals surface area contributed by atoms with E-state index in [0.717, 1.165) is 11.1 Å². The smallest absolute Gasteiger partial charge is 0.387 e. The Bertz CT molecular complexity index is 724. The van der Waals surface area contributed by atoms with Gasteiger partial charge in [0.05, 0.1) is 0 Å². The molecule has 0 aromatic heterocycles. The molecule has 0 aliphatic rings. The van der Waals surface area contributed by atoms with Crippen molar-refractivity contribution in [1.29, 1.82) is 0 Å². The highest BCUT2D eigenvalue weighted by Crippen LogP contribution is 2.22. The third kappa shape index (κ3) is 5.82. The molecule has 0 aliphatic carbocycles. The molecule has 0 fully saturated rings. The van der Waals surface area contributed by atoms with Crippen LogP contribution in [0.4, 0.5) is 13.6 Å². The Kier molecular flexibility index (Phi) is 7.04. The van der Waals surface area contributed by atoms with Crippen LogP contribution < -0.4 is 20.7 Å². The third-order valence-electron chi connectivity index (χ3n) is 3.64. The molecular weight excluding hydrogens is 344 g/mol. The van der Waals surface area contributed by atoms with Gasteiger partial charge >= 0.3 is 12.6 Å². The Morgan fingerprint density at radius 3 is 2.23 bits per heavy atom. The second-order valence-electron chi connectivity index (χ2n) is 5.40. The lowest BCUT2D eigenvalue weighted by Crippen LogP contribution is -2.88. The van der Waals surface area contributed by atoms with Gasteiger partial charge in [-0.3, -0.25) is 10.1 Å². The number of amides is 3. The fourth-order valence-electron chi connectivity index (χ4n) is 2.45. The first-order valence-electron chi connectivity index (χ1n) is 7.94. The van der Waals surface area contributed by atoms with Crippen LogP contribution in [0.3, 0.4) is 0 Å². The second-order valence-corrected chi connectivity index (χ2v) is 5.40. The summed E-state index contributed by atoms with van der Waals surface area (Å²) in [5, 5.41) is 6.26. The van der Waals surface area contributed by atoms with Crippen molar-refractivity contribution in [3.05, 3.63) is 65.7 Å². The minimum absolute atomic E-state index is 0.0161. The van der Waals surface area contributed by atoms with Crippen molar-refractivity contribution in [2.45, 2.75) is 12.7 Å². The SMILES string of the molecule is CNC(=O)NC(=O)C[NH2+][C@@H](c1ccccc1)c1ccc(OC(F)F)cc1. The molecule has 0 saturated carbocycles. The average molecular weight is 364 g/mol. The summed E-state index contributed by atoms with van der Waals surface area (Å²) in [5.41, 5.74) is 1.74. The molecule has 0 spiro atoms. The molecule has 0 unspecified atom stereocenters. The van der Waals surface area contributed by atoms with E-state index in [9.17, 15) is 18.4 Å². The van der Waals surface area contributed by atoms with Crippen molar-refractivity contribution >= 4 is 11.9 Å². The molecule has 0 saturated heterocycles. The minimum Gasteiger partial charge on any atom is -0.435 e. The molecule has 4 N–H and O–H groups in total. The van der Waals surface area contributed by atoms with Crippen LogP contribution in [0.25, 0.3) is 0 Å². The topological polar surface area (TPSA) is 84.0 Å². The maximum Gasteiger partial charge on any atom is 0.387 e. The van der Waals surface area contributed by atoms with Gasteiger partial charge in [0.15, 0.2) is 6.54 Å². The quantitative estimate of drug-likeness (QED) is 0.694. The van der Waals surface area contributed by atoms with Gasteiger partial charge in [0.2, 0.25) is 0 Å². The van der Waals surface area contributed by atoms with Gasteiger partial charge in [-0.05, 0) is 24.3 Å². The molecule has 138 valence electrons. The predicted molar refractivity (Wildman–Crippen MR) is 90.7 cm³/mol. The number of hydrogen-bond donors (Lipinski definition) is 3. The molecule has 1 atom stereocenters. The molecule has 2 aromatic rings. The maximum absolute atomic E-state index is 12.3. The number of rotatable bonds is 7. The summed E-state index contributed by atoms with van der Waals surface area (Å²) in [6.07, 6.45) is 0. The summed E-state index contributed by atoms with van der Waals surface area (Å²) in [6.45, 7) is -2.87. The van der Waals surface area contributed by atoms with Crippen LogP contribution in [0.2, 0.25) is 0 Å². The zero-order valence-electron chi connectivity index (χ0n) is 14.1. The minimum atomic E-state index is -2.88. The van der Waals surface area contributed by atoms with Crippen LogP contribution in [0, 0.1) is 0 Å². The highest BCUT2D eigenvalue weighted by atomic mass is 19.3. The summed E-state index contributed by atoms with van der Waals surface area (Å²) in [6, 6.07) is 14.8. The van der Waals surface area contributed by atoms with Crippen molar-refractivity contribution in [3.63, 3.8) is 0 Å². The van der Waals surface area contributed by atoms with E-state index >= 15 is 0 Å². The largest absolute Gasteiger partial charge is 0.435 e. The number of urea groups is 1. The van der Waals surface area contributed by atoms with E-state index < -0.39 is 18.5 Å². The fraction of sp³-hybridized carbons (Fsp3) is 0.222. The van der Waals surface area contributed by atoms with Crippen LogP contribution in [0.5, 0.6) is 5.75 Å². The summed E-state index contributed by atoms with van der Waals surface area (Å²) >= 11 is 0. The Hall–Kier alpha value is -3.00. The van der Waals surface area contributed by atoms with Gasteiger partial charge in [-0.2, -0.15) is 8.78 Å². The first-order chi connectivity index (χ1) is 12.5. The van der Waals surface area contributed by atoms with E-state index in [4.69, 9.17) is 0 Å². The summed E-state index contributed by atoms with van der Waals surface area (Å²) < 4.78 is 28.9. The molecule has 0 aliphatic heterocycles. The van der Waals surface area contributed by atoms with Crippen LogP contribution in [0.1, 0.15) is 17.2 Å². The van der Waals surface area contributed by atoms with Crippen molar-refractivity contribution in [3.8, 4) is 5.75 Å².